The molecule has 170 valence electrons. The minimum atomic E-state index is -3.74. The summed E-state index contributed by atoms with van der Waals surface area (Å²) in [5, 5.41) is 0. The van der Waals surface area contributed by atoms with Crippen molar-refractivity contribution in [2.45, 2.75) is 37.8 Å². The van der Waals surface area contributed by atoms with E-state index in [0.29, 0.717) is 11.3 Å². The molecular weight excluding hydrogens is 439 g/mol. The molecule has 0 saturated heterocycles. The van der Waals surface area contributed by atoms with Crippen LogP contribution in [0.15, 0.2) is 58.4 Å². The zero-order valence-electron chi connectivity index (χ0n) is 17.6. The van der Waals surface area contributed by atoms with Crippen LogP contribution in [0.1, 0.15) is 26.3 Å². The third-order valence-electron chi connectivity index (χ3n) is 4.64. The molecule has 0 spiro atoms. The fourth-order valence-electron chi connectivity index (χ4n) is 2.95. The van der Waals surface area contributed by atoms with E-state index in [0.717, 1.165) is 0 Å². The number of carbonyl (C=O) groups excluding carboxylic acids is 2. The monoisotopic (exact) mass is 462 g/mol. The summed E-state index contributed by atoms with van der Waals surface area (Å²) < 4.78 is 45.3. The second-order valence-corrected chi connectivity index (χ2v) is 9.11. The molecule has 0 aromatic heterocycles. The van der Waals surface area contributed by atoms with Crippen LogP contribution < -0.4 is 20.3 Å². The molecule has 32 heavy (non-hydrogen) atoms. The predicted molar refractivity (Wildman–Crippen MR) is 115 cm³/mol. The van der Waals surface area contributed by atoms with Gasteiger partial charge in [0, 0.05) is 5.56 Å². The molecule has 1 aliphatic heterocycles. The van der Waals surface area contributed by atoms with Gasteiger partial charge in [0.25, 0.3) is 21.8 Å². The summed E-state index contributed by atoms with van der Waals surface area (Å²) in [6.07, 6.45) is -0.974. The average Bonchev–Trinajstić information content (AvgIpc) is 3.01. The van der Waals surface area contributed by atoms with Crippen molar-refractivity contribution >= 4 is 27.7 Å². The number of amides is 2. The number of amidine groups is 1. The van der Waals surface area contributed by atoms with E-state index in [1.54, 1.807) is 32.0 Å². The molecule has 1 heterocycles. The number of sulfonamides is 1. The van der Waals surface area contributed by atoms with Gasteiger partial charge in [-0.1, -0.05) is 26.0 Å². The van der Waals surface area contributed by atoms with Crippen molar-refractivity contribution in [2.24, 2.45) is 10.9 Å². The van der Waals surface area contributed by atoms with E-state index in [-0.39, 0.29) is 16.6 Å². The van der Waals surface area contributed by atoms with Crippen molar-refractivity contribution in [3.63, 3.8) is 0 Å². The number of fused-ring (bicyclic) bond motifs is 1. The largest absolute Gasteiger partial charge is 0.481 e. The summed E-state index contributed by atoms with van der Waals surface area (Å²) in [7, 11) is -3.74. The van der Waals surface area contributed by atoms with E-state index in [1.165, 1.54) is 37.3 Å². The van der Waals surface area contributed by atoms with Crippen LogP contribution in [-0.2, 0) is 19.6 Å². The number of hydrazine groups is 1. The molecule has 11 heteroatoms. The number of aliphatic imine (C=N–C) groups is 1. The number of hydrogen-bond donors (Lipinski definition) is 3. The summed E-state index contributed by atoms with van der Waals surface area (Å²) in [6.45, 7) is 4.95. The van der Waals surface area contributed by atoms with Crippen molar-refractivity contribution in [2.75, 3.05) is 0 Å². The van der Waals surface area contributed by atoms with Gasteiger partial charge in [-0.25, -0.2) is 12.8 Å². The minimum Gasteiger partial charge on any atom is -0.481 e. The highest BCUT2D eigenvalue weighted by Crippen LogP contribution is 2.23. The Morgan fingerprint density at radius 3 is 2.28 bits per heavy atom. The first-order chi connectivity index (χ1) is 15.1. The SMILES string of the molecule is CC(Oc1ccc(F)cc1)C(=O)NNC(=O)[C@@H](N=C1NS(=O)(=O)c2ccccc21)C(C)C. The maximum Gasteiger partial charge on any atom is 0.279 e. The van der Waals surface area contributed by atoms with Gasteiger partial charge in [-0.3, -0.25) is 30.2 Å². The van der Waals surface area contributed by atoms with Gasteiger partial charge in [-0.2, -0.15) is 0 Å². The Morgan fingerprint density at radius 2 is 1.62 bits per heavy atom. The smallest absolute Gasteiger partial charge is 0.279 e. The zero-order valence-corrected chi connectivity index (χ0v) is 18.4. The van der Waals surface area contributed by atoms with E-state index in [2.05, 4.69) is 20.6 Å². The van der Waals surface area contributed by atoms with Crippen molar-refractivity contribution in [3.05, 3.63) is 59.9 Å². The summed E-state index contributed by atoms with van der Waals surface area (Å²) in [6, 6.07) is 10.5. The Morgan fingerprint density at radius 1 is 1.00 bits per heavy atom. The number of benzene rings is 2. The van der Waals surface area contributed by atoms with Gasteiger partial charge in [0.15, 0.2) is 6.10 Å². The van der Waals surface area contributed by atoms with Crippen LogP contribution in [0.25, 0.3) is 0 Å². The number of carbonyl (C=O) groups is 2. The maximum atomic E-state index is 13.0. The van der Waals surface area contributed by atoms with Crippen molar-refractivity contribution < 1.29 is 27.1 Å². The first-order valence-corrected chi connectivity index (χ1v) is 11.3. The predicted octanol–water partition coefficient (Wildman–Crippen LogP) is 1.50. The molecule has 2 aromatic rings. The zero-order chi connectivity index (χ0) is 23.5. The number of rotatable bonds is 6. The highest BCUT2D eigenvalue weighted by molar-refractivity contribution is 7.90. The molecule has 3 rings (SSSR count). The second-order valence-electron chi connectivity index (χ2n) is 7.46. The quantitative estimate of drug-likeness (QED) is 0.561. The van der Waals surface area contributed by atoms with Crippen LogP contribution in [0.2, 0.25) is 0 Å². The van der Waals surface area contributed by atoms with Gasteiger partial charge >= 0.3 is 0 Å². The Labute approximate surface area is 185 Å². The lowest BCUT2D eigenvalue weighted by Gasteiger charge is -2.19. The van der Waals surface area contributed by atoms with Gasteiger partial charge in [0.2, 0.25) is 0 Å². The number of nitrogens with zero attached hydrogens (tertiary/aromatic N) is 1. The molecule has 0 bridgehead atoms. The second kappa shape index (κ2) is 9.35. The van der Waals surface area contributed by atoms with Gasteiger partial charge in [-0.15, -0.1) is 0 Å². The molecule has 9 nitrogen and oxygen atoms in total. The Kier molecular flexibility index (Phi) is 6.78. The lowest BCUT2D eigenvalue weighted by molar-refractivity contribution is -0.133. The van der Waals surface area contributed by atoms with Crippen LogP contribution >= 0.6 is 0 Å². The maximum absolute atomic E-state index is 13.0. The number of halogens is 1. The first-order valence-electron chi connectivity index (χ1n) is 9.80. The highest BCUT2D eigenvalue weighted by atomic mass is 32.2. The molecule has 2 amide bonds. The molecule has 0 aliphatic carbocycles. The van der Waals surface area contributed by atoms with Crippen molar-refractivity contribution in [1.29, 1.82) is 0 Å². The molecule has 2 atom stereocenters. The normalized spacial score (nSPS) is 17.2. The van der Waals surface area contributed by atoms with E-state index < -0.39 is 39.8 Å². The Hall–Kier alpha value is -3.47. The molecule has 1 unspecified atom stereocenters. The first kappa shape index (κ1) is 23.2. The summed E-state index contributed by atoms with van der Waals surface area (Å²) in [4.78, 5) is 29.3. The average molecular weight is 463 g/mol. The molecule has 1 aliphatic rings. The summed E-state index contributed by atoms with van der Waals surface area (Å²) in [5.74, 6) is -1.64. The number of hydrogen-bond acceptors (Lipinski definition) is 6. The van der Waals surface area contributed by atoms with Gasteiger partial charge in [0.1, 0.15) is 23.4 Å². The standard InChI is InChI=1S/C21H23FN4O5S/c1-12(2)18(23-19-16-6-4-5-7-17(16)32(29,30)26-19)21(28)25-24-20(27)13(3)31-15-10-8-14(22)9-11-15/h4-13,18H,1-3H3,(H,23,26)(H,24,27)(H,25,28)/t13?,18-/m0/s1. The fourth-order valence-corrected chi connectivity index (χ4v) is 4.19. The third-order valence-corrected chi connectivity index (χ3v) is 6.03. The Balaban J connectivity index is 1.66. The van der Waals surface area contributed by atoms with Gasteiger partial charge < -0.3 is 4.74 Å². The minimum absolute atomic E-state index is 0.0637. The fraction of sp³-hybridized carbons (Fsp3) is 0.286. The third kappa shape index (κ3) is 5.22. The van der Waals surface area contributed by atoms with Crippen LogP contribution in [0.4, 0.5) is 4.39 Å². The van der Waals surface area contributed by atoms with E-state index in [4.69, 9.17) is 4.74 Å². The number of nitrogens with one attached hydrogen (secondary N) is 3. The molecule has 0 radical (unpaired) electrons. The lowest BCUT2D eigenvalue weighted by Crippen LogP contribution is -2.51. The van der Waals surface area contributed by atoms with Crippen molar-refractivity contribution in [1.82, 2.24) is 15.6 Å². The van der Waals surface area contributed by atoms with Gasteiger partial charge in [0.05, 0.1) is 4.90 Å². The van der Waals surface area contributed by atoms with Crippen molar-refractivity contribution in [3.8, 4) is 5.75 Å². The van der Waals surface area contributed by atoms with E-state index in [1.807, 2.05) is 0 Å². The molecule has 2 aromatic carbocycles. The molecule has 0 saturated carbocycles. The van der Waals surface area contributed by atoms with Crippen LogP contribution in [-0.4, -0.2) is 38.2 Å². The highest BCUT2D eigenvalue weighted by Gasteiger charge is 2.32. The molecule has 0 fully saturated rings. The molecule has 3 N–H and O–H groups in total. The van der Waals surface area contributed by atoms with Gasteiger partial charge in [-0.05, 0) is 49.2 Å². The van der Waals surface area contributed by atoms with Crippen LogP contribution in [0.5, 0.6) is 5.75 Å². The van der Waals surface area contributed by atoms with Crippen LogP contribution in [0.3, 0.4) is 0 Å². The number of ether oxygens (including phenoxy) is 1. The topological polar surface area (TPSA) is 126 Å². The summed E-state index contributed by atoms with van der Waals surface area (Å²) >= 11 is 0. The van der Waals surface area contributed by atoms with Crippen LogP contribution in [0, 0.1) is 11.7 Å². The molecular formula is C21H23FN4O5S. The van der Waals surface area contributed by atoms with E-state index >= 15 is 0 Å². The summed E-state index contributed by atoms with van der Waals surface area (Å²) in [5.41, 5.74) is 4.93. The van der Waals surface area contributed by atoms with E-state index in [9.17, 15) is 22.4 Å². The Bertz CT molecular complexity index is 1150. The lowest BCUT2D eigenvalue weighted by atomic mass is 10.0.